The van der Waals surface area contributed by atoms with Gasteiger partial charge in [-0.3, -0.25) is 9.59 Å². The number of allylic oxidation sites excluding steroid dienone is 9. The molecule has 6 atom stereocenters. The van der Waals surface area contributed by atoms with E-state index in [0.717, 1.165) is 89.9 Å². The SMILES string of the molecule is C=CC/C=C/CCCCCCCC(=O)O[C@H](COC(=O)CCCCCCC/C=C\C/C=C/C/C=C/CC)CO[C@@H]1O[C@H](CO)[C@H](O)[C@H](O)[C@H]1O. The first-order valence-electron chi connectivity index (χ1n) is 18.8. The number of carbonyl (C=O) groups is 2. The summed E-state index contributed by atoms with van der Waals surface area (Å²) < 4.78 is 22.0. The molecule has 1 rings (SSSR count). The maximum atomic E-state index is 12.6. The number of aliphatic hydroxyl groups excluding tert-OH is 4. The molecule has 0 aromatic carbocycles. The van der Waals surface area contributed by atoms with Crippen molar-refractivity contribution in [1.82, 2.24) is 0 Å². The topological polar surface area (TPSA) is 152 Å². The highest BCUT2D eigenvalue weighted by Gasteiger charge is 2.44. The molecule has 1 heterocycles. The average molecular weight is 707 g/mol. The van der Waals surface area contributed by atoms with Crippen LogP contribution >= 0.6 is 0 Å². The van der Waals surface area contributed by atoms with Crippen LogP contribution in [0.15, 0.2) is 61.3 Å². The van der Waals surface area contributed by atoms with Gasteiger partial charge in [-0.15, -0.1) is 6.58 Å². The lowest BCUT2D eigenvalue weighted by molar-refractivity contribution is -0.305. The summed E-state index contributed by atoms with van der Waals surface area (Å²) in [4.78, 5) is 25.1. The van der Waals surface area contributed by atoms with Gasteiger partial charge < -0.3 is 39.4 Å². The van der Waals surface area contributed by atoms with E-state index in [1.54, 1.807) is 0 Å². The number of carbonyl (C=O) groups excluding carboxylic acids is 2. The Balaban J connectivity index is 2.41. The fourth-order valence-electron chi connectivity index (χ4n) is 5.29. The average Bonchev–Trinajstić information content (AvgIpc) is 3.11. The van der Waals surface area contributed by atoms with Crippen molar-refractivity contribution in [3.8, 4) is 0 Å². The Bertz CT molecular complexity index is 989. The third kappa shape index (κ3) is 23.0. The van der Waals surface area contributed by atoms with Crippen LogP contribution in [-0.2, 0) is 28.5 Å². The minimum atomic E-state index is -1.60. The molecule has 0 bridgehead atoms. The number of hydrogen-bond donors (Lipinski definition) is 4. The first kappa shape index (κ1) is 45.4. The van der Waals surface area contributed by atoms with Crippen LogP contribution in [-0.4, -0.2) is 89.0 Å². The Morgan fingerprint density at radius 1 is 0.680 bits per heavy atom. The summed E-state index contributed by atoms with van der Waals surface area (Å²) in [5, 5.41) is 39.9. The highest BCUT2D eigenvalue weighted by molar-refractivity contribution is 5.70. The zero-order chi connectivity index (χ0) is 36.7. The van der Waals surface area contributed by atoms with E-state index in [1.165, 1.54) is 0 Å². The fraction of sp³-hybridized carbons (Fsp3) is 0.700. The molecule has 10 heteroatoms. The second-order valence-corrected chi connectivity index (χ2v) is 12.7. The Kier molecular flexibility index (Phi) is 28.3. The van der Waals surface area contributed by atoms with Gasteiger partial charge in [-0.2, -0.15) is 0 Å². The Morgan fingerprint density at radius 2 is 1.22 bits per heavy atom. The molecule has 4 N–H and O–H groups in total. The highest BCUT2D eigenvalue weighted by atomic mass is 16.7. The summed E-state index contributed by atoms with van der Waals surface area (Å²) in [7, 11) is 0. The second kappa shape index (κ2) is 31.2. The minimum absolute atomic E-state index is 0.202. The molecule has 0 aromatic heterocycles. The predicted octanol–water partition coefficient (Wildman–Crippen LogP) is 6.71. The minimum Gasteiger partial charge on any atom is -0.462 e. The number of hydrogen-bond acceptors (Lipinski definition) is 10. The van der Waals surface area contributed by atoms with Crippen LogP contribution in [0.3, 0.4) is 0 Å². The third-order valence-electron chi connectivity index (χ3n) is 8.28. The van der Waals surface area contributed by atoms with E-state index >= 15 is 0 Å². The predicted molar refractivity (Wildman–Crippen MR) is 196 cm³/mol. The van der Waals surface area contributed by atoms with E-state index in [2.05, 4.69) is 62.1 Å². The molecule has 1 aliphatic rings. The zero-order valence-electron chi connectivity index (χ0n) is 30.5. The van der Waals surface area contributed by atoms with Gasteiger partial charge in [0.15, 0.2) is 12.4 Å². The molecular formula is C40H66O10. The van der Waals surface area contributed by atoms with Crippen LogP contribution in [0.4, 0.5) is 0 Å². The summed E-state index contributed by atoms with van der Waals surface area (Å²) in [6, 6.07) is 0. The maximum absolute atomic E-state index is 12.6. The van der Waals surface area contributed by atoms with Gasteiger partial charge in [0, 0.05) is 12.8 Å². The lowest BCUT2D eigenvalue weighted by atomic mass is 9.99. The van der Waals surface area contributed by atoms with Gasteiger partial charge in [0.1, 0.15) is 31.0 Å². The first-order chi connectivity index (χ1) is 24.3. The molecule has 10 nitrogen and oxygen atoms in total. The highest BCUT2D eigenvalue weighted by Crippen LogP contribution is 2.22. The molecular weight excluding hydrogens is 640 g/mol. The molecule has 0 amide bonds. The van der Waals surface area contributed by atoms with Crippen LogP contribution in [0.2, 0.25) is 0 Å². The Hall–Kier alpha value is -2.60. The molecule has 0 aromatic rings. The summed E-state index contributed by atoms with van der Waals surface area (Å²) in [5.41, 5.74) is 0. The van der Waals surface area contributed by atoms with Gasteiger partial charge in [-0.1, -0.05) is 100 Å². The van der Waals surface area contributed by atoms with Gasteiger partial charge in [0.2, 0.25) is 0 Å². The quantitative estimate of drug-likeness (QED) is 0.0360. The molecule has 50 heavy (non-hydrogen) atoms. The first-order valence-corrected chi connectivity index (χ1v) is 18.8. The summed E-state index contributed by atoms with van der Waals surface area (Å²) in [6.07, 6.45) is 27.0. The Morgan fingerprint density at radius 3 is 1.82 bits per heavy atom. The molecule has 0 saturated carbocycles. The number of unbranched alkanes of at least 4 members (excludes halogenated alkanes) is 10. The van der Waals surface area contributed by atoms with Crippen molar-refractivity contribution in [1.29, 1.82) is 0 Å². The van der Waals surface area contributed by atoms with Gasteiger partial charge in [-0.25, -0.2) is 0 Å². The molecule has 1 aliphatic heterocycles. The smallest absolute Gasteiger partial charge is 0.306 e. The monoisotopic (exact) mass is 706 g/mol. The molecule has 0 radical (unpaired) electrons. The number of ether oxygens (including phenoxy) is 4. The summed E-state index contributed by atoms with van der Waals surface area (Å²) in [6.45, 7) is 4.70. The number of rotatable bonds is 30. The van der Waals surface area contributed by atoms with Crippen molar-refractivity contribution < 1.29 is 49.0 Å². The van der Waals surface area contributed by atoms with E-state index in [4.69, 9.17) is 18.9 Å². The van der Waals surface area contributed by atoms with E-state index < -0.39 is 55.4 Å². The molecule has 286 valence electrons. The lowest BCUT2D eigenvalue weighted by Gasteiger charge is -2.39. The van der Waals surface area contributed by atoms with E-state index in [9.17, 15) is 30.0 Å². The lowest BCUT2D eigenvalue weighted by Crippen LogP contribution is -2.59. The van der Waals surface area contributed by atoms with E-state index in [-0.39, 0.29) is 26.1 Å². The van der Waals surface area contributed by atoms with Crippen LogP contribution in [0.5, 0.6) is 0 Å². The molecule has 0 aliphatic carbocycles. The van der Waals surface area contributed by atoms with Crippen molar-refractivity contribution in [2.24, 2.45) is 0 Å². The van der Waals surface area contributed by atoms with Crippen molar-refractivity contribution in [2.45, 2.75) is 159 Å². The van der Waals surface area contributed by atoms with Crippen molar-refractivity contribution in [3.63, 3.8) is 0 Å². The molecule has 1 fully saturated rings. The summed E-state index contributed by atoms with van der Waals surface area (Å²) in [5.74, 6) is -0.860. The normalized spacial score (nSPS) is 21.8. The van der Waals surface area contributed by atoms with E-state index in [0.29, 0.717) is 12.8 Å². The molecule has 0 unspecified atom stereocenters. The van der Waals surface area contributed by atoms with Crippen LogP contribution in [0.25, 0.3) is 0 Å². The number of esters is 2. The third-order valence-corrected chi connectivity index (χ3v) is 8.28. The Labute approximate surface area is 300 Å². The van der Waals surface area contributed by atoms with Gasteiger partial charge in [-0.05, 0) is 64.2 Å². The maximum Gasteiger partial charge on any atom is 0.306 e. The molecule has 1 saturated heterocycles. The molecule has 0 spiro atoms. The van der Waals surface area contributed by atoms with Crippen molar-refractivity contribution >= 4 is 11.9 Å². The van der Waals surface area contributed by atoms with E-state index in [1.807, 2.05) is 6.08 Å². The van der Waals surface area contributed by atoms with Crippen LogP contribution in [0.1, 0.15) is 122 Å². The van der Waals surface area contributed by atoms with Gasteiger partial charge >= 0.3 is 11.9 Å². The van der Waals surface area contributed by atoms with Gasteiger partial charge in [0.05, 0.1) is 13.2 Å². The summed E-state index contributed by atoms with van der Waals surface area (Å²) >= 11 is 0. The van der Waals surface area contributed by atoms with Crippen LogP contribution in [0, 0.1) is 0 Å². The zero-order valence-corrected chi connectivity index (χ0v) is 30.5. The largest absolute Gasteiger partial charge is 0.462 e. The fourth-order valence-corrected chi connectivity index (χ4v) is 5.29. The van der Waals surface area contributed by atoms with Crippen molar-refractivity contribution in [3.05, 3.63) is 61.3 Å². The second-order valence-electron chi connectivity index (χ2n) is 12.7. The standard InChI is InChI=1S/C40H66O10/c1-3-5-7-9-11-13-15-16-17-18-19-21-22-24-26-28-35(42)47-31-33(32-48-40-39(46)38(45)37(44)34(30-41)50-40)49-36(43)29-27-25-23-20-14-12-10-8-6-4-2/h4-5,7-8,10-11,13,16-17,33-34,37-41,44-46H,2-3,6,9,12,14-15,18-32H2,1H3/b7-5+,10-8+,13-11+,17-16-/t33-,34-,37+,38+,39-,40-/m1/s1. The van der Waals surface area contributed by atoms with Gasteiger partial charge in [0.25, 0.3) is 0 Å². The number of aliphatic hydroxyl groups is 4. The van der Waals surface area contributed by atoms with Crippen molar-refractivity contribution in [2.75, 3.05) is 19.8 Å². The van der Waals surface area contributed by atoms with Crippen LogP contribution < -0.4 is 0 Å².